The molecule has 27 heteroatoms. The van der Waals surface area contributed by atoms with E-state index in [4.69, 9.17) is 46.7 Å². The summed E-state index contributed by atoms with van der Waals surface area (Å²) in [6, 6.07) is -1.32. The maximum Gasteiger partial charge on any atom is 0.474 e. The third-order valence-corrected chi connectivity index (χ3v) is 20.0. The third-order valence-electron chi connectivity index (χ3n) is 18.6. The lowest BCUT2D eigenvalue weighted by Crippen LogP contribution is -2.68. The lowest BCUT2D eigenvalue weighted by molar-refractivity contribution is -0.361. The first kappa shape index (κ1) is 90.8. The molecule has 2 amide bonds. The number of aliphatic hydroxyl groups excluding tert-OH is 8. The van der Waals surface area contributed by atoms with Crippen molar-refractivity contribution in [1.29, 1.82) is 0 Å². The summed E-state index contributed by atoms with van der Waals surface area (Å²) in [4.78, 5) is 65.0. The standard InChI is InChI=1S/C73H131N2O24P/c1-7-10-13-16-18-20-21-22-23-24-25-26-28-30-33-43-61(81)95-56(50-92-71(88)54(38-31-15-12-9-3)39-32-29-27-19-17-14-11-8-2)51-94-100(89,90-6)93-46-36-41-55(79)40-34-35-42-60(80)74-44-37-45-91-72-62(75-53(5)78)66(85)69(59(49-77)98-72)99-73-70(68(87)65(84)58(48-76)97-73)96-57-47-52(4)63(82)67(86)64(57)83/h22-23,32,39,52,54,56-59,62-70,72-73,76-77,82-87H,7-21,24-31,33-38,40-51H2,1-6H3,(H,74,80)(H,75,78)/b23-22-,39-32-/t52?,54?,56-,57+,58?,59-,62?,63+,64?,65-,66?,67-,68-,69+,70?,72+,73-,100?/m0/s1. The molecule has 3 aliphatic rings. The van der Waals surface area contributed by atoms with Gasteiger partial charge in [0, 0.05) is 46.3 Å². The van der Waals surface area contributed by atoms with E-state index in [1.54, 1.807) is 6.92 Å². The molecule has 2 saturated heterocycles. The highest BCUT2D eigenvalue weighted by molar-refractivity contribution is 7.48. The number of hydrogen-bond acceptors (Lipinski definition) is 24. The second-order valence-corrected chi connectivity index (χ2v) is 29.0. The van der Waals surface area contributed by atoms with Crippen LogP contribution in [0, 0.1) is 11.8 Å². The summed E-state index contributed by atoms with van der Waals surface area (Å²) >= 11 is 0. The smallest absolute Gasteiger partial charge is 0.461 e. The minimum absolute atomic E-state index is 0.00758. The lowest BCUT2D eigenvalue weighted by atomic mass is 9.81. The summed E-state index contributed by atoms with van der Waals surface area (Å²) in [6.45, 7) is 6.96. The number of carbonyl (C=O) groups excluding carboxylic acids is 5. The number of aliphatic hydroxyl groups is 8. The van der Waals surface area contributed by atoms with Crippen LogP contribution in [0.5, 0.6) is 0 Å². The van der Waals surface area contributed by atoms with E-state index >= 15 is 0 Å². The number of phosphoric acid groups is 1. The van der Waals surface area contributed by atoms with E-state index in [-0.39, 0.29) is 83.0 Å². The maximum absolute atomic E-state index is 13.7. The van der Waals surface area contributed by atoms with E-state index in [1.165, 1.54) is 71.1 Å². The van der Waals surface area contributed by atoms with E-state index < -0.39 is 149 Å². The predicted octanol–water partition coefficient (Wildman–Crippen LogP) is 8.88. The topological polar surface area (TPSA) is 381 Å². The van der Waals surface area contributed by atoms with Gasteiger partial charge in [-0.1, -0.05) is 161 Å². The Morgan fingerprint density at radius 2 is 1.14 bits per heavy atom. The molecule has 1 aliphatic carbocycles. The van der Waals surface area contributed by atoms with Gasteiger partial charge in [0.2, 0.25) is 11.8 Å². The first-order chi connectivity index (χ1) is 48.2. The Labute approximate surface area is 596 Å². The van der Waals surface area contributed by atoms with Crippen molar-refractivity contribution in [1.82, 2.24) is 10.6 Å². The maximum atomic E-state index is 13.7. The number of Topliss-reactive ketones (excluding diaryl/α,β-unsaturated/α-hetero) is 1. The van der Waals surface area contributed by atoms with Crippen LogP contribution in [0.3, 0.4) is 0 Å². The molecule has 8 unspecified atom stereocenters. The van der Waals surface area contributed by atoms with Crippen LogP contribution < -0.4 is 10.6 Å². The Kier molecular flexibility index (Phi) is 49.3. The summed E-state index contributed by atoms with van der Waals surface area (Å²) < 4.78 is 71.5. The molecular weight excluding hydrogens is 1320 g/mol. The molecule has 2 heterocycles. The fraction of sp³-hybridized carbons (Fsp3) is 0.877. The minimum atomic E-state index is -4.23. The van der Waals surface area contributed by atoms with Gasteiger partial charge in [-0.3, -0.25) is 37.5 Å². The van der Waals surface area contributed by atoms with Gasteiger partial charge in [-0.15, -0.1) is 0 Å². The number of ketones is 1. The van der Waals surface area contributed by atoms with Crippen molar-refractivity contribution in [3.8, 4) is 0 Å². The van der Waals surface area contributed by atoms with Gasteiger partial charge in [0.25, 0.3) is 0 Å². The predicted molar refractivity (Wildman–Crippen MR) is 375 cm³/mol. The molecule has 10 N–H and O–H groups in total. The molecule has 1 saturated carbocycles. The van der Waals surface area contributed by atoms with Crippen molar-refractivity contribution in [3.63, 3.8) is 0 Å². The van der Waals surface area contributed by atoms with Crippen LogP contribution in [0.2, 0.25) is 0 Å². The molecule has 0 spiro atoms. The Morgan fingerprint density at radius 1 is 0.570 bits per heavy atom. The SMILES string of the molecule is CCCCCCCC/C=C\CCCCCCCC(=O)O[C@@H](COC(=O)C(/C=C\CCCCCCCC)CCCCCC)COP(=O)(OC)OCCCC(=O)CCCCC(=O)NCCCO[C@@H]1O[C@@H](CO)[C@@H](O[C@@H]2OC(CO)[C@H](O)[C@H](O)C2O[C@@H]2CC(C)[C@@H](O)[C@H](O)C2O)C(O)C1NC(C)=O. The van der Waals surface area contributed by atoms with Crippen molar-refractivity contribution >= 4 is 37.4 Å². The van der Waals surface area contributed by atoms with Gasteiger partial charge in [-0.25, -0.2) is 4.57 Å². The van der Waals surface area contributed by atoms with Crippen molar-refractivity contribution in [2.24, 2.45) is 11.8 Å². The molecule has 18 atom stereocenters. The molecule has 2 aliphatic heterocycles. The fourth-order valence-electron chi connectivity index (χ4n) is 12.4. The zero-order valence-corrected chi connectivity index (χ0v) is 62.1. The number of nitrogens with one attached hydrogen (secondary N) is 2. The number of unbranched alkanes of at least 4 members (excludes halogenated alkanes) is 21. The number of ether oxygens (including phenoxy) is 7. The molecule has 0 radical (unpaired) electrons. The van der Waals surface area contributed by atoms with Crippen LogP contribution in [0.25, 0.3) is 0 Å². The summed E-state index contributed by atoms with van der Waals surface area (Å²) in [5.74, 6) is -2.95. The molecule has 3 fully saturated rings. The Morgan fingerprint density at radius 3 is 1.76 bits per heavy atom. The first-order valence-electron chi connectivity index (χ1n) is 37.9. The van der Waals surface area contributed by atoms with E-state index in [0.29, 0.717) is 25.7 Å². The van der Waals surface area contributed by atoms with Crippen molar-refractivity contribution < 1.29 is 116 Å². The Bertz CT molecular complexity index is 2300. The van der Waals surface area contributed by atoms with Crippen molar-refractivity contribution in [2.75, 3.05) is 53.3 Å². The monoisotopic (exact) mass is 1450 g/mol. The molecule has 0 aromatic rings. The second-order valence-electron chi connectivity index (χ2n) is 27.3. The van der Waals surface area contributed by atoms with E-state index in [9.17, 15) is 69.4 Å². The van der Waals surface area contributed by atoms with E-state index in [1.807, 2.05) is 6.08 Å². The number of phosphoric ester groups is 1. The van der Waals surface area contributed by atoms with Gasteiger partial charge >= 0.3 is 19.8 Å². The van der Waals surface area contributed by atoms with Crippen molar-refractivity contribution in [2.45, 2.75) is 345 Å². The van der Waals surface area contributed by atoms with E-state index in [2.05, 4.69) is 49.6 Å². The summed E-state index contributed by atoms with van der Waals surface area (Å²) in [5.41, 5.74) is 0. The Hall–Kier alpha value is -3.38. The number of carbonyl (C=O) groups is 5. The third kappa shape index (κ3) is 36.6. The molecule has 582 valence electrons. The molecule has 100 heavy (non-hydrogen) atoms. The lowest BCUT2D eigenvalue weighted by Gasteiger charge is -2.49. The molecule has 0 aromatic heterocycles. The van der Waals surface area contributed by atoms with Crippen LogP contribution in [0.1, 0.15) is 253 Å². The average Bonchev–Trinajstić information content (AvgIpc) is 0.777. The number of amides is 2. The van der Waals surface area contributed by atoms with Crippen LogP contribution in [0.4, 0.5) is 0 Å². The quantitative estimate of drug-likeness (QED) is 0.0118. The number of allylic oxidation sites excluding steroid dienone is 3. The van der Waals surface area contributed by atoms with Gasteiger partial charge < -0.3 is 84.6 Å². The average molecular weight is 1450 g/mol. The minimum Gasteiger partial charge on any atom is -0.461 e. The van der Waals surface area contributed by atoms with Gasteiger partial charge in [0.05, 0.1) is 51.2 Å². The first-order valence-corrected chi connectivity index (χ1v) is 39.3. The molecule has 3 rings (SSSR count). The highest BCUT2D eigenvalue weighted by Crippen LogP contribution is 2.49. The molecular formula is C73H131N2O24P. The summed E-state index contributed by atoms with van der Waals surface area (Å²) in [7, 11) is -3.07. The summed E-state index contributed by atoms with van der Waals surface area (Å²) in [5, 5.41) is 90.9. The molecule has 26 nitrogen and oxygen atoms in total. The molecule has 0 aromatic carbocycles. The molecule has 0 bridgehead atoms. The van der Waals surface area contributed by atoms with Crippen LogP contribution in [-0.2, 0) is 75.3 Å². The van der Waals surface area contributed by atoms with Gasteiger partial charge in [0.15, 0.2) is 18.7 Å². The zero-order chi connectivity index (χ0) is 73.5. The van der Waals surface area contributed by atoms with Crippen LogP contribution >= 0.6 is 7.82 Å². The Balaban J connectivity index is 1.46. The zero-order valence-electron chi connectivity index (χ0n) is 61.2. The summed E-state index contributed by atoms with van der Waals surface area (Å²) in [6.07, 6.45) is 16.3. The van der Waals surface area contributed by atoms with E-state index in [0.717, 1.165) is 90.6 Å². The van der Waals surface area contributed by atoms with Crippen LogP contribution in [-0.4, -0.2) is 216 Å². The van der Waals surface area contributed by atoms with Gasteiger partial charge in [-0.2, -0.15) is 0 Å². The van der Waals surface area contributed by atoms with Gasteiger partial charge in [0.1, 0.15) is 73.4 Å². The number of hydrogen-bond donors (Lipinski definition) is 10. The fourth-order valence-corrected chi connectivity index (χ4v) is 13.4. The van der Waals surface area contributed by atoms with Crippen molar-refractivity contribution in [3.05, 3.63) is 24.3 Å². The van der Waals surface area contributed by atoms with Gasteiger partial charge in [-0.05, 0) is 89.4 Å². The largest absolute Gasteiger partial charge is 0.474 e. The number of esters is 2. The normalized spacial score (nSPS) is 26.9. The van der Waals surface area contributed by atoms with Crippen LogP contribution in [0.15, 0.2) is 24.3 Å². The highest BCUT2D eigenvalue weighted by atomic mass is 31.2. The highest BCUT2D eigenvalue weighted by Gasteiger charge is 2.54. The second kappa shape index (κ2) is 54.2. The number of rotatable bonds is 58.